The Morgan fingerprint density at radius 2 is 1.89 bits per heavy atom. The van der Waals surface area contributed by atoms with E-state index in [4.69, 9.17) is 4.74 Å². The highest BCUT2D eigenvalue weighted by Gasteiger charge is 2.26. The molecule has 0 saturated carbocycles. The Balaban J connectivity index is 1.72. The number of amides is 1. The van der Waals surface area contributed by atoms with Crippen LogP contribution in [0.2, 0.25) is 0 Å². The highest BCUT2D eigenvalue weighted by atomic mass is 32.2. The van der Waals surface area contributed by atoms with Gasteiger partial charge in [0.25, 0.3) is 5.91 Å². The van der Waals surface area contributed by atoms with Crippen molar-refractivity contribution in [3.63, 3.8) is 0 Å². The van der Waals surface area contributed by atoms with Crippen molar-refractivity contribution in [2.45, 2.75) is 4.90 Å². The molecule has 10 heteroatoms. The molecule has 9 nitrogen and oxygen atoms in total. The number of sulfonamides is 1. The summed E-state index contributed by atoms with van der Waals surface area (Å²) < 4.78 is 31.9. The topological polar surface area (TPSA) is 129 Å². The molecule has 0 spiro atoms. The number of ether oxygens (including phenoxy) is 1. The standard InChI is InChI=1S/C18H19N3O6S/c22-15-5-4-14(17(23)11-15)12-19-20-18(24)13-2-1-3-16(10-13)28(25,26)21-6-8-27-9-7-21/h1-5,10-12,22-23H,6-9H2,(H,20,24)/b19-12+. The van der Waals surface area contributed by atoms with E-state index >= 15 is 0 Å². The lowest BCUT2D eigenvalue weighted by molar-refractivity contribution is 0.0730. The Bertz CT molecular complexity index is 1000. The van der Waals surface area contributed by atoms with E-state index in [0.29, 0.717) is 18.8 Å². The number of rotatable bonds is 5. The molecule has 28 heavy (non-hydrogen) atoms. The minimum atomic E-state index is -3.71. The Hall–Kier alpha value is -2.95. The summed E-state index contributed by atoms with van der Waals surface area (Å²) in [4.78, 5) is 12.3. The average molecular weight is 405 g/mol. The van der Waals surface area contributed by atoms with Gasteiger partial charge in [-0.3, -0.25) is 4.79 Å². The van der Waals surface area contributed by atoms with Gasteiger partial charge in [0.1, 0.15) is 11.5 Å². The fourth-order valence-electron chi connectivity index (χ4n) is 2.60. The van der Waals surface area contributed by atoms with Gasteiger partial charge in [-0.2, -0.15) is 9.41 Å². The van der Waals surface area contributed by atoms with Crippen LogP contribution in [-0.2, 0) is 14.8 Å². The van der Waals surface area contributed by atoms with Gasteiger partial charge in [0.05, 0.1) is 24.3 Å². The normalized spacial score (nSPS) is 15.6. The van der Waals surface area contributed by atoms with E-state index in [0.717, 1.165) is 6.07 Å². The zero-order valence-corrected chi connectivity index (χ0v) is 15.6. The van der Waals surface area contributed by atoms with Gasteiger partial charge in [0, 0.05) is 30.3 Å². The molecule has 1 amide bonds. The number of hydrogen-bond acceptors (Lipinski definition) is 7. The number of carbonyl (C=O) groups excluding carboxylic acids is 1. The molecule has 2 aromatic rings. The van der Waals surface area contributed by atoms with Crippen molar-refractivity contribution in [1.82, 2.24) is 9.73 Å². The van der Waals surface area contributed by atoms with Crippen LogP contribution in [0.25, 0.3) is 0 Å². The third kappa shape index (κ3) is 4.47. The Morgan fingerprint density at radius 1 is 1.14 bits per heavy atom. The number of phenols is 2. The SMILES string of the molecule is O=C(N/N=C/c1ccc(O)cc1O)c1cccc(S(=O)(=O)N2CCOCC2)c1. The van der Waals surface area contributed by atoms with Crippen LogP contribution >= 0.6 is 0 Å². The van der Waals surface area contributed by atoms with E-state index in [1.165, 1.54) is 46.9 Å². The first kappa shape index (κ1) is 19.8. The second kappa shape index (κ2) is 8.38. The lowest BCUT2D eigenvalue weighted by atomic mass is 10.2. The summed E-state index contributed by atoms with van der Waals surface area (Å²) in [6, 6.07) is 9.60. The summed E-state index contributed by atoms with van der Waals surface area (Å²) in [5.41, 5.74) is 2.70. The number of nitrogens with zero attached hydrogens (tertiary/aromatic N) is 2. The van der Waals surface area contributed by atoms with E-state index in [2.05, 4.69) is 10.5 Å². The molecule has 1 heterocycles. The van der Waals surface area contributed by atoms with Crippen molar-refractivity contribution in [2.24, 2.45) is 5.10 Å². The molecule has 3 rings (SSSR count). The van der Waals surface area contributed by atoms with Gasteiger partial charge in [-0.1, -0.05) is 6.07 Å². The highest BCUT2D eigenvalue weighted by molar-refractivity contribution is 7.89. The monoisotopic (exact) mass is 405 g/mol. The molecule has 0 aliphatic carbocycles. The number of benzene rings is 2. The van der Waals surface area contributed by atoms with E-state index in [9.17, 15) is 23.4 Å². The van der Waals surface area contributed by atoms with Crippen molar-refractivity contribution in [3.8, 4) is 11.5 Å². The number of nitrogens with one attached hydrogen (secondary N) is 1. The minimum Gasteiger partial charge on any atom is -0.508 e. The van der Waals surface area contributed by atoms with Crippen LogP contribution in [-0.4, -0.2) is 61.4 Å². The van der Waals surface area contributed by atoms with Crippen molar-refractivity contribution >= 4 is 22.1 Å². The van der Waals surface area contributed by atoms with Gasteiger partial charge < -0.3 is 14.9 Å². The number of morpholine rings is 1. The Morgan fingerprint density at radius 3 is 2.61 bits per heavy atom. The second-order valence-electron chi connectivity index (χ2n) is 5.99. The molecule has 0 unspecified atom stereocenters. The predicted octanol–water partition coefficient (Wildman–Crippen LogP) is 0.883. The molecule has 1 aliphatic heterocycles. The maximum absolute atomic E-state index is 12.7. The number of phenolic OH excluding ortho intramolecular Hbond substituents is 2. The fraction of sp³-hybridized carbons (Fsp3) is 0.222. The minimum absolute atomic E-state index is 0.0159. The molecule has 1 fully saturated rings. The van der Waals surface area contributed by atoms with E-state index in [1.54, 1.807) is 0 Å². The summed E-state index contributed by atoms with van der Waals surface area (Å²) in [5, 5.41) is 22.7. The van der Waals surface area contributed by atoms with Crippen molar-refractivity contribution in [2.75, 3.05) is 26.3 Å². The smallest absolute Gasteiger partial charge is 0.271 e. The van der Waals surface area contributed by atoms with Gasteiger partial charge in [0.2, 0.25) is 10.0 Å². The number of carbonyl (C=O) groups is 1. The molecule has 1 aliphatic rings. The number of hydrazone groups is 1. The Labute approximate surface area is 161 Å². The summed E-state index contributed by atoms with van der Waals surface area (Å²) in [7, 11) is -3.71. The molecule has 2 aromatic carbocycles. The van der Waals surface area contributed by atoms with E-state index < -0.39 is 15.9 Å². The van der Waals surface area contributed by atoms with Crippen LogP contribution in [0.4, 0.5) is 0 Å². The highest BCUT2D eigenvalue weighted by Crippen LogP contribution is 2.21. The van der Waals surface area contributed by atoms with E-state index in [1.807, 2.05) is 0 Å². The van der Waals surface area contributed by atoms with Gasteiger partial charge >= 0.3 is 0 Å². The molecule has 1 saturated heterocycles. The Kier molecular flexibility index (Phi) is 5.93. The van der Waals surface area contributed by atoms with E-state index in [-0.39, 0.29) is 35.0 Å². The third-order valence-corrected chi connectivity index (χ3v) is 5.98. The first-order valence-electron chi connectivity index (χ1n) is 8.41. The first-order chi connectivity index (χ1) is 13.4. The number of aromatic hydroxyl groups is 2. The third-order valence-electron chi connectivity index (χ3n) is 4.09. The van der Waals surface area contributed by atoms with Gasteiger partial charge in [0.15, 0.2) is 0 Å². The van der Waals surface area contributed by atoms with Crippen molar-refractivity contribution < 1.29 is 28.2 Å². The second-order valence-corrected chi connectivity index (χ2v) is 7.92. The summed E-state index contributed by atoms with van der Waals surface area (Å²) in [5.74, 6) is -0.901. The zero-order chi connectivity index (χ0) is 20.1. The molecule has 0 atom stereocenters. The van der Waals surface area contributed by atoms with Gasteiger partial charge in [-0.15, -0.1) is 0 Å². The molecule has 0 bridgehead atoms. The number of hydrogen-bond donors (Lipinski definition) is 3. The average Bonchev–Trinajstić information content (AvgIpc) is 2.70. The molecule has 148 valence electrons. The predicted molar refractivity (Wildman–Crippen MR) is 101 cm³/mol. The lowest BCUT2D eigenvalue weighted by Gasteiger charge is -2.26. The molecular weight excluding hydrogens is 386 g/mol. The molecular formula is C18H19N3O6S. The van der Waals surface area contributed by atoms with Gasteiger partial charge in [-0.05, 0) is 30.3 Å². The molecule has 0 aromatic heterocycles. The quantitative estimate of drug-likeness (QED) is 0.500. The lowest BCUT2D eigenvalue weighted by Crippen LogP contribution is -2.40. The zero-order valence-electron chi connectivity index (χ0n) is 14.8. The van der Waals surface area contributed by atoms with Crippen LogP contribution in [0.3, 0.4) is 0 Å². The van der Waals surface area contributed by atoms with Crippen molar-refractivity contribution in [1.29, 1.82) is 0 Å². The summed E-state index contributed by atoms with van der Waals surface area (Å²) >= 11 is 0. The van der Waals surface area contributed by atoms with Gasteiger partial charge in [-0.25, -0.2) is 13.8 Å². The van der Waals surface area contributed by atoms with Crippen LogP contribution in [0.5, 0.6) is 11.5 Å². The molecule has 3 N–H and O–H groups in total. The maximum atomic E-state index is 12.7. The maximum Gasteiger partial charge on any atom is 0.271 e. The van der Waals surface area contributed by atoms with Crippen molar-refractivity contribution in [3.05, 3.63) is 53.6 Å². The van der Waals surface area contributed by atoms with Crippen LogP contribution in [0.15, 0.2) is 52.5 Å². The summed E-state index contributed by atoms with van der Waals surface area (Å²) in [6.07, 6.45) is 1.21. The molecule has 0 radical (unpaired) electrons. The fourth-order valence-corrected chi connectivity index (χ4v) is 4.05. The van der Waals surface area contributed by atoms with Crippen LogP contribution in [0.1, 0.15) is 15.9 Å². The van der Waals surface area contributed by atoms with Crippen LogP contribution < -0.4 is 5.43 Å². The first-order valence-corrected chi connectivity index (χ1v) is 9.85. The van der Waals surface area contributed by atoms with Crippen LogP contribution in [0, 0.1) is 0 Å². The largest absolute Gasteiger partial charge is 0.508 e. The summed E-state index contributed by atoms with van der Waals surface area (Å²) in [6.45, 7) is 1.19.